The highest BCUT2D eigenvalue weighted by Gasteiger charge is 2.28. The first-order valence-corrected chi connectivity index (χ1v) is 13.9. The molecule has 0 saturated carbocycles. The van der Waals surface area contributed by atoms with Gasteiger partial charge in [0.25, 0.3) is 0 Å². The molecule has 0 bridgehead atoms. The van der Waals surface area contributed by atoms with E-state index in [0.717, 1.165) is 11.3 Å². The highest BCUT2D eigenvalue weighted by Crippen LogP contribution is 2.29. The average molecular weight is 405 g/mol. The summed E-state index contributed by atoms with van der Waals surface area (Å²) in [7, 11) is 0.240. The fourth-order valence-corrected chi connectivity index (χ4v) is 5.25. The Labute approximate surface area is 181 Å². The van der Waals surface area contributed by atoms with E-state index in [1.54, 1.807) is 0 Å². The summed E-state index contributed by atoms with van der Waals surface area (Å²) in [6.45, 7) is 15.0. The largest absolute Gasteiger partial charge is 0.212 e. The Balaban J connectivity index is 2.27. The number of aromatic nitrogens is 1. The number of hydrogen-bond acceptors (Lipinski definition) is 0. The quantitative estimate of drug-likeness (QED) is 0.355. The maximum absolute atomic E-state index is 8.98. The fourth-order valence-electron chi connectivity index (χ4n) is 3.75. The number of pyridine rings is 1. The standard InChI is InChI=1S/C27H36NSi/c1-20-14-15-22(21-12-10-9-11-13-21)16-24(20)25-17-26(29(6,7)8)23(19-28(25)5)18-27(2,3)4/h9-17,19H,18H2,1-8H3/q+1/i18D2. The number of benzene rings is 2. The van der Waals surface area contributed by atoms with Gasteiger partial charge in [-0.3, -0.25) is 0 Å². The van der Waals surface area contributed by atoms with Crippen LogP contribution in [0, 0.1) is 12.3 Å². The highest BCUT2D eigenvalue weighted by molar-refractivity contribution is 6.89. The van der Waals surface area contributed by atoms with Crippen molar-refractivity contribution in [2.24, 2.45) is 12.5 Å². The Kier molecular flexibility index (Phi) is 5.13. The maximum atomic E-state index is 8.98. The van der Waals surface area contributed by atoms with Crippen LogP contribution in [0.4, 0.5) is 0 Å². The van der Waals surface area contributed by atoms with Crippen molar-refractivity contribution in [3.8, 4) is 22.4 Å². The highest BCUT2D eigenvalue weighted by atomic mass is 28.3. The Morgan fingerprint density at radius 3 is 2.17 bits per heavy atom. The molecule has 2 aromatic carbocycles. The van der Waals surface area contributed by atoms with Crippen molar-refractivity contribution in [1.82, 2.24) is 0 Å². The van der Waals surface area contributed by atoms with Gasteiger partial charge in [-0.15, -0.1) is 0 Å². The zero-order valence-corrected chi connectivity index (χ0v) is 20.2. The number of rotatable bonds is 4. The monoisotopic (exact) mass is 404 g/mol. The molecule has 3 rings (SSSR count). The molecule has 0 spiro atoms. The van der Waals surface area contributed by atoms with Crippen LogP contribution in [-0.2, 0) is 13.4 Å². The fraction of sp³-hybridized carbons (Fsp3) is 0.370. The van der Waals surface area contributed by atoms with Gasteiger partial charge in [0.2, 0.25) is 5.69 Å². The van der Waals surface area contributed by atoms with Crippen LogP contribution in [0.2, 0.25) is 19.6 Å². The summed E-state index contributed by atoms with van der Waals surface area (Å²) in [5, 5.41) is 1.20. The molecule has 0 unspecified atom stereocenters. The molecular formula is C27H36NSi+. The first-order chi connectivity index (χ1) is 14.2. The van der Waals surface area contributed by atoms with E-state index in [0.29, 0.717) is 0 Å². The lowest BCUT2D eigenvalue weighted by atomic mass is 9.88. The molecule has 0 aliphatic heterocycles. The van der Waals surface area contributed by atoms with Gasteiger partial charge in [0, 0.05) is 19.9 Å². The van der Waals surface area contributed by atoms with E-state index in [2.05, 4.69) is 79.7 Å². The molecule has 0 fully saturated rings. The van der Waals surface area contributed by atoms with E-state index < -0.39 is 19.9 Å². The van der Waals surface area contributed by atoms with Gasteiger partial charge in [0.15, 0.2) is 6.20 Å². The van der Waals surface area contributed by atoms with E-state index in [1.165, 1.54) is 27.4 Å². The lowest BCUT2D eigenvalue weighted by molar-refractivity contribution is -0.660. The zero-order chi connectivity index (χ0) is 23.2. The van der Waals surface area contributed by atoms with Crippen LogP contribution in [0.1, 0.15) is 34.6 Å². The third-order valence-corrected chi connectivity index (χ3v) is 7.24. The molecule has 1 heterocycles. The van der Waals surface area contributed by atoms with Gasteiger partial charge < -0.3 is 0 Å². The Bertz CT molecular complexity index is 1090. The normalized spacial score (nSPS) is 13.8. The summed E-state index contributed by atoms with van der Waals surface area (Å²) in [4.78, 5) is 0. The van der Waals surface area contributed by atoms with Crippen molar-refractivity contribution in [3.63, 3.8) is 0 Å². The Morgan fingerprint density at radius 1 is 0.931 bits per heavy atom. The van der Waals surface area contributed by atoms with Gasteiger partial charge in [-0.2, -0.15) is 0 Å². The van der Waals surface area contributed by atoms with Gasteiger partial charge in [0.05, 0.1) is 8.07 Å². The van der Waals surface area contributed by atoms with Crippen molar-refractivity contribution < 1.29 is 7.31 Å². The summed E-state index contributed by atoms with van der Waals surface area (Å²) in [6, 6.07) is 19.4. The minimum atomic E-state index is -1.80. The lowest BCUT2D eigenvalue weighted by Gasteiger charge is -2.25. The van der Waals surface area contributed by atoms with Crippen molar-refractivity contribution in [3.05, 3.63) is 71.9 Å². The third kappa shape index (κ3) is 5.05. The molecule has 0 amide bonds. The van der Waals surface area contributed by atoms with Crippen molar-refractivity contribution in [2.45, 2.75) is 53.7 Å². The first kappa shape index (κ1) is 18.8. The number of nitrogens with zero attached hydrogens (tertiary/aromatic N) is 1. The van der Waals surface area contributed by atoms with Crippen LogP contribution >= 0.6 is 0 Å². The van der Waals surface area contributed by atoms with Crippen LogP contribution in [-0.4, -0.2) is 8.07 Å². The summed E-state index contributed by atoms with van der Waals surface area (Å²) in [6.07, 6.45) is 0.628. The second kappa shape index (κ2) is 7.91. The summed E-state index contributed by atoms with van der Waals surface area (Å²) < 4.78 is 20.1. The van der Waals surface area contributed by atoms with E-state index in [1.807, 2.05) is 40.1 Å². The zero-order valence-electron chi connectivity index (χ0n) is 21.2. The third-order valence-electron chi connectivity index (χ3n) is 5.21. The van der Waals surface area contributed by atoms with E-state index in [4.69, 9.17) is 2.74 Å². The number of aryl methyl sites for hydroxylation is 2. The molecular weight excluding hydrogens is 366 g/mol. The summed E-state index contributed by atoms with van der Waals surface area (Å²) in [5.41, 5.74) is 6.32. The van der Waals surface area contributed by atoms with Crippen LogP contribution in [0.5, 0.6) is 0 Å². The molecule has 0 atom stereocenters. The predicted molar refractivity (Wildman–Crippen MR) is 129 cm³/mol. The predicted octanol–water partition coefficient (Wildman–Crippen LogP) is 6.29. The van der Waals surface area contributed by atoms with Crippen LogP contribution in [0.3, 0.4) is 0 Å². The SMILES string of the molecule is [2H]C([2H])(c1c[n+](C)c(-c2cc(-c3ccccc3)ccc2C)cc1[Si](C)(C)C)C(C)(C)C. The Morgan fingerprint density at radius 2 is 1.59 bits per heavy atom. The van der Waals surface area contributed by atoms with Crippen LogP contribution < -0.4 is 9.75 Å². The molecule has 1 nitrogen and oxygen atoms in total. The molecule has 0 radical (unpaired) electrons. The maximum Gasteiger partial charge on any atom is 0.212 e. The van der Waals surface area contributed by atoms with Gasteiger partial charge in [-0.05, 0) is 46.7 Å². The second-order valence-corrected chi connectivity index (χ2v) is 15.2. The molecule has 0 aliphatic carbocycles. The molecule has 1 aromatic heterocycles. The summed E-state index contributed by atoms with van der Waals surface area (Å²) >= 11 is 0. The lowest BCUT2D eigenvalue weighted by Crippen LogP contribution is -2.45. The van der Waals surface area contributed by atoms with Crippen molar-refractivity contribution in [1.29, 1.82) is 0 Å². The molecule has 3 aromatic rings. The van der Waals surface area contributed by atoms with Gasteiger partial charge >= 0.3 is 0 Å². The van der Waals surface area contributed by atoms with Crippen LogP contribution in [0.25, 0.3) is 22.4 Å². The molecule has 152 valence electrons. The minimum absolute atomic E-state index is 0.487. The first-order valence-electron chi connectivity index (χ1n) is 11.4. The Hall–Kier alpha value is -2.19. The van der Waals surface area contributed by atoms with Crippen molar-refractivity contribution >= 4 is 13.3 Å². The minimum Gasteiger partial charge on any atom is -0.201 e. The molecule has 0 saturated heterocycles. The van der Waals surface area contributed by atoms with Gasteiger partial charge in [-0.1, -0.05) is 82.9 Å². The average Bonchev–Trinajstić information content (AvgIpc) is 2.67. The topological polar surface area (TPSA) is 3.88 Å². The number of hydrogen-bond donors (Lipinski definition) is 0. The molecule has 0 N–H and O–H groups in total. The summed E-state index contributed by atoms with van der Waals surface area (Å²) in [5.74, 6) is 0. The molecule has 0 aliphatic rings. The van der Waals surface area contributed by atoms with Crippen LogP contribution in [0.15, 0.2) is 60.8 Å². The van der Waals surface area contributed by atoms with E-state index >= 15 is 0 Å². The van der Waals surface area contributed by atoms with E-state index in [9.17, 15) is 0 Å². The smallest absolute Gasteiger partial charge is 0.201 e. The molecule has 29 heavy (non-hydrogen) atoms. The molecule has 2 heteroatoms. The van der Waals surface area contributed by atoms with E-state index in [-0.39, 0.29) is 0 Å². The van der Waals surface area contributed by atoms with Crippen molar-refractivity contribution in [2.75, 3.05) is 0 Å². The van der Waals surface area contributed by atoms with Gasteiger partial charge in [-0.25, -0.2) is 4.57 Å². The second-order valence-electron chi connectivity index (χ2n) is 10.1. The van der Waals surface area contributed by atoms with Gasteiger partial charge in [0.1, 0.15) is 7.05 Å².